The van der Waals surface area contributed by atoms with Gasteiger partial charge < -0.3 is 10.1 Å². The maximum atomic E-state index is 11.8. The number of amides is 2. The summed E-state index contributed by atoms with van der Waals surface area (Å²) in [5.74, 6) is 1.35. The number of carbonyl (C=O) groups is 1. The fraction of sp³-hybridized carbons (Fsp3) is 0.368. The molecule has 8 heteroatoms. The molecule has 1 aromatic heterocycles. The maximum Gasteiger partial charge on any atom is 0.321 e. The van der Waals surface area contributed by atoms with Gasteiger partial charge in [-0.15, -0.1) is 6.58 Å². The lowest BCUT2D eigenvalue weighted by Crippen LogP contribution is -2.29. The molecule has 2 rings (SSSR count). The Morgan fingerprint density at radius 1 is 1.22 bits per heavy atom. The van der Waals surface area contributed by atoms with Crippen molar-refractivity contribution >= 4 is 23.7 Å². The number of anilines is 1. The highest BCUT2D eigenvalue weighted by Crippen LogP contribution is 2.24. The molecule has 0 aliphatic carbocycles. The van der Waals surface area contributed by atoms with Crippen molar-refractivity contribution in [1.82, 2.24) is 20.3 Å². The van der Waals surface area contributed by atoms with Gasteiger partial charge in [-0.2, -0.15) is 9.97 Å². The van der Waals surface area contributed by atoms with Crippen molar-refractivity contribution in [3.8, 4) is 5.75 Å². The summed E-state index contributed by atoms with van der Waals surface area (Å²) in [5.41, 5.74) is 1.32. The minimum Gasteiger partial charge on any atom is -0.486 e. The lowest BCUT2D eigenvalue weighted by molar-refractivity contribution is 0.252. The first kappa shape index (κ1) is 20.7. The predicted octanol–water partition coefficient (Wildman–Crippen LogP) is 3.78. The van der Waals surface area contributed by atoms with Crippen LogP contribution in [0.25, 0.3) is 0 Å². The molecule has 7 nitrogen and oxygen atoms in total. The van der Waals surface area contributed by atoms with E-state index in [9.17, 15) is 4.79 Å². The monoisotopic (exact) mass is 387 g/mol. The van der Waals surface area contributed by atoms with Crippen molar-refractivity contribution in [2.45, 2.75) is 37.9 Å². The fourth-order valence-electron chi connectivity index (χ4n) is 2.12. The van der Waals surface area contributed by atoms with Crippen LogP contribution in [0.5, 0.6) is 5.75 Å². The number of nitrogens with one attached hydrogen (secondary N) is 2. The van der Waals surface area contributed by atoms with Crippen molar-refractivity contribution in [2.24, 2.45) is 0 Å². The Morgan fingerprint density at radius 2 is 1.93 bits per heavy atom. The van der Waals surface area contributed by atoms with Crippen molar-refractivity contribution in [2.75, 3.05) is 18.1 Å². The van der Waals surface area contributed by atoms with E-state index in [-0.39, 0.29) is 18.0 Å². The van der Waals surface area contributed by atoms with Gasteiger partial charge in [0.15, 0.2) is 11.0 Å². The summed E-state index contributed by atoms with van der Waals surface area (Å²) in [6.07, 6.45) is 3.44. The average molecular weight is 388 g/mol. The average Bonchev–Trinajstić information content (AvgIpc) is 2.64. The highest BCUT2D eigenvalue weighted by molar-refractivity contribution is 7.98. The fourth-order valence-corrected chi connectivity index (χ4v) is 2.49. The first-order valence-electron chi connectivity index (χ1n) is 8.50. The van der Waals surface area contributed by atoms with Crippen LogP contribution in [0.3, 0.4) is 0 Å². The van der Waals surface area contributed by atoms with Gasteiger partial charge in [-0.1, -0.05) is 50.7 Å². The molecule has 2 aromatic rings. The molecule has 2 amide bonds. The lowest BCUT2D eigenvalue weighted by atomic mass is 9.87. The van der Waals surface area contributed by atoms with E-state index >= 15 is 0 Å². The Bertz CT molecular complexity index is 788. The van der Waals surface area contributed by atoms with Gasteiger partial charge in [-0.3, -0.25) is 5.32 Å². The van der Waals surface area contributed by atoms with E-state index in [1.807, 2.05) is 30.5 Å². The SMILES string of the molecule is C=CCNC(=O)Nc1nc(COc2ccc(C(C)(C)C)cc2)nc(SC)n1. The molecule has 1 aromatic carbocycles. The third-order valence-corrected chi connectivity index (χ3v) is 4.11. The van der Waals surface area contributed by atoms with Crippen LogP contribution in [0.1, 0.15) is 32.2 Å². The standard InChI is InChI=1S/C19H25N5O2S/c1-6-11-20-17(25)23-16-21-15(22-18(24-16)27-5)12-26-14-9-7-13(8-10-14)19(2,3)4/h6-10H,1,11-12H2,2-5H3,(H2,20,21,22,23,24,25). The molecule has 0 unspecified atom stereocenters. The molecule has 0 atom stereocenters. The zero-order chi connectivity index (χ0) is 19.9. The quantitative estimate of drug-likeness (QED) is 0.555. The van der Waals surface area contributed by atoms with Gasteiger partial charge in [0.05, 0.1) is 0 Å². The number of hydrogen-bond acceptors (Lipinski definition) is 6. The van der Waals surface area contributed by atoms with Crippen molar-refractivity contribution in [3.63, 3.8) is 0 Å². The lowest BCUT2D eigenvalue weighted by Gasteiger charge is -2.19. The first-order valence-corrected chi connectivity index (χ1v) is 9.72. The molecule has 0 aliphatic heterocycles. The third-order valence-electron chi connectivity index (χ3n) is 3.56. The number of nitrogens with zero attached hydrogens (tertiary/aromatic N) is 3. The number of carbonyl (C=O) groups excluding carboxylic acids is 1. The Kier molecular flexibility index (Phi) is 7.18. The van der Waals surface area contributed by atoms with Crippen molar-refractivity contribution < 1.29 is 9.53 Å². The van der Waals surface area contributed by atoms with Crippen LogP contribution in [0.4, 0.5) is 10.7 Å². The zero-order valence-corrected chi connectivity index (χ0v) is 16.9. The second-order valence-electron chi connectivity index (χ2n) is 6.75. The molecule has 0 saturated heterocycles. The normalized spacial score (nSPS) is 11.0. The minimum atomic E-state index is -0.405. The van der Waals surface area contributed by atoms with E-state index in [4.69, 9.17) is 4.74 Å². The molecule has 0 spiro atoms. The molecule has 0 saturated carbocycles. The summed E-state index contributed by atoms with van der Waals surface area (Å²) in [6, 6.07) is 7.55. The maximum absolute atomic E-state index is 11.8. The second kappa shape index (κ2) is 9.36. The van der Waals surface area contributed by atoms with Crippen LogP contribution >= 0.6 is 11.8 Å². The Labute approximate surface area is 164 Å². The summed E-state index contributed by atoms with van der Waals surface area (Å²) in [5, 5.41) is 5.70. The number of thioether (sulfide) groups is 1. The molecule has 27 heavy (non-hydrogen) atoms. The van der Waals surface area contributed by atoms with Crippen LogP contribution in [0.15, 0.2) is 42.1 Å². The van der Waals surface area contributed by atoms with Gasteiger partial charge in [-0.05, 0) is 29.4 Å². The van der Waals surface area contributed by atoms with E-state index in [2.05, 4.69) is 52.9 Å². The summed E-state index contributed by atoms with van der Waals surface area (Å²) in [6.45, 7) is 10.6. The van der Waals surface area contributed by atoms with Crippen LogP contribution < -0.4 is 15.4 Å². The Morgan fingerprint density at radius 3 is 2.52 bits per heavy atom. The van der Waals surface area contributed by atoms with Crippen LogP contribution in [0, 0.1) is 0 Å². The number of benzene rings is 1. The van der Waals surface area contributed by atoms with E-state index in [0.717, 1.165) is 5.75 Å². The second-order valence-corrected chi connectivity index (χ2v) is 7.52. The molecule has 0 aliphatic rings. The zero-order valence-electron chi connectivity index (χ0n) is 16.1. The van der Waals surface area contributed by atoms with Crippen LogP contribution in [0.2, 0.25) is 0 Å². The molecule has 0 bridgehead atoms. The smallest absolute Gasteiger partial charge is 0.321 e. The largest absolute Gasteiger partial charge is 0.486 e. The number of ether oxygens (including phenoxy) is 1. The van der Waals surface area contributed by atoms with E-state index in [0.29, 0.717) is 17.5 Å². The molecule has 2 N–H and O–H groups in total. The molecular formula is C19H25N5O2S. The van der Waals surface area contributed by atoms with Gasteiger partial charge in [0.2, 0.25) is 5.95 Å². The van der Waals surface area contributed by atoms with E-state index in [1.165, 1.54) is 17.3 Å². The van der Waals surface area contributed by atoms with Gasteiger partial charge in [-0.25, -0.2) is 9.78 Å². The third kappa shape index (κ3) is 6.56. The molecule has 0 radical (unpaired) electrons. The van der Waals surface area contributed by atoms with Crippen LogP contribution in [-0.4, -0.2) is 33.8 Å². The predicted molar refractivity (Wildman–Crippen MR) is 108 cm³/mol. The first-order chi connectivity index (χ1) is 12.8. The van der Waals surface area contributed by atoms with Crippen molar-refractivity contribution in [1.29, 1.82) is 0 Å². The summed E-state index contributed by atoms with van der Waals surface area (Å²) >= 11 is 1.36. The number of hydrogen-bond donors (Lipinski definition) is 2. The van der Waals surface area contributed by atoms with Gasteiger partial charge in [0.25, 0.3) is 0 Å². The molecular weight excluding hydrogens is 362 g/mol. The van der Waals surface area contributed by atoms with Crippen LogP contribution in [-0.2, 0) is 12.0 Å². The molecule has 144 valence electrons. The molecule has 1 heterocycles. The minimum absolute atomic E-state index is 0.0900. The summed E-state index contributed by atoms with van der Waals surface area (Å²) in [4.78, 5) is 24.5. The van der Waals surface area contributed by atoms with Crippen molar-refractivity contribution in [3.05, 3.63) is 48.3 Å². The van der Waals surface area contributed by atoms with Gasteiger partial charge in [0, 0.05) is 6.54 Å². The Hall–Kier alpha value is -2.61. The number of rotatable bonds is 7. The van der Waals surface area contributed by atoms with E-state index in [1.54, 1.807) is 6.08 Å². The molecule has 0 fully saturated rings. The van der Waals surface area contributed by atoms with Gasteiger partial charge >= 0.3 is 6.03 Å². The number of urea groups is 1. The summed E-state index contributed by atoms with van der Waals surface area (Å²) < 4.78 is 5.78. The summed E-state index contributed by atoms with van der Waals surface area (Å²) in [7, 11) is 0. The highest BCUT2D eigenvalue weighted by Gasteiger charge is 2.13. The van der Waals surface area contributed by atoms with E-state index < -0.39 is 6.03 Å². The number of aromatic nitrogens is 3. The highest BCUT2D eigenvalue weighted by atomic mass is 32.2. The Balaban J connectivity index is 2.05. The van der Waals surface area contributed by atoms with Gasteiger partial charge in [0.1, 0.15) is 12.4 Å². The topological polar surface area (TPSA) is 89.0 Å².